The molecule has 1 aromatic carbocycles. The van der Waals surface area contributed by atoms with Gasteiger partial charge in [0.2, 0.25) is 0 Å². The molecule has 0 amide bonds. The van der Waals surface area contributed by atoms with Crippen LogP contribution in [0.5, 0.6) is 0 Å². The lowest BCUT2D eigenvalue weighted by molar-refractivity contribution is 0.818. The molecule has 2 aliphatic heterocycles. The summed E-state index contributed by atoms with van der Waals surface area (Å²) in [7, 11) is -1.01. The normalized spacial score (nSPS) is 22.3. The van der Waals surface area contributed by atoms with Gasteiger partial charge in [-0.3, -0.25) is 0 Å². The first-order chi connectivity index (χ1) is 7.19. The van der Waals surface area contributed by atoms with Gasteiger partial charge < -0.3 is 0 Å². The third-order valence-corrected chi connectivity index (χ3v) is 9.16. The number of benzene rings is 1. The van der Waals surface area contributed by atoms with Crippen LogP contribution >= 0.6 is 0 Å². The van der Waals surface area contributed by atoms with Crippen molar-refractivity contribution in [2.45, 2.75) is 51.2 Å². The van der Waals surface area contributed by atoms with Crippen molar-refractivity contribution in [3.05, 3.63) is 28.8 Å². The zero-order valence-electron chi connectivity index (χ0n) is 9.90. The maximum Gasteiger partial charge on any atom is 0.0844 e. The average molecular weight is 216 g/mol. The van der Waals surface area contributed by atoms with Gasteiger partial charge in [0, 0.05) is 0 Å². The molecule has 2 heterocycles. The first kappa shape index (κ1) is 9.65. The van der Waals surface area contributed by atoms with Gasteiger partial charge in [-0.25, -0.2) is 0 Å². The van der Waals surface area contributed by atoms with Crippen molar-refractivity contribution in [3.8, 4) is 0 Å². The van der Waals surface area contributed by atoms with E-state index in [0.29, 0.717) is 0 Å². The van der Waals surface area contributed by atoms with Crippen LogP contribution in [0.3, 0.4) is 0 Å². The van der Waals surface area contributed by atoms with E-state index in [4.69, 9.17) is 0 Å². The Morgan fingerprint density at radius 2 is 1.53 bits per heavy atom. The summed E-state index contributed by atoms with van der Waals surface area (Å²) < 4.78 is 0. The van der Waals surface area contributed by atoms with E-state index in [1.54, 1.807) is 23.2 Å². The van der Waals surface area contributed by atoms with Crippen LogP contribution in [-0.2, 0) is 12.8 Å². The first-order valence-corrected chi connectivity index (χ1v) is 9.23. The zero-order valence-corrected chi connectivity index (χ0v) is 10.9. The molecule has 0 fully saturated rings. The second-order valence-electron chi connectivity index (χ2n) is 5.73. The van der Waals surface area contributed by atoms with Gasteiger partial charge in [0.05, 0.1) is 8.07 Å². The first-order valence-electron chi connectivity index (χ1n) is 6.32. The molecule has 3 rings (SSSR count). The van der Waals surface area contributed by atoms with Gasteiger partial charge in [-0.2, -0.15) is 0 Å². The molecule has 0 saturated carbocycles. The minimum absolute atomic E-state index is 1.01. The van der Waals surface area contributed by atoms with E-state index < -0.39 is 8.07 Å². The maximum atomic E-state index is 2.63. The monoisotopic (exact) mass is 216 g/mol. The summed E-state index contributed by atoms with van der Waals surface area (Å²) in [5.74, 6) is 0. The molecule has 0 nitrogen and oxygen atoms in total. The van der Waals surface area contributed by atoms with Crippen LogP contribution in [0.4, 0.5) is 0 Å². The molecule has 1 aromatic rings. The molecular weight excluding hydrogens is 196 g/mol. The van der Waals surface area contributed by atoms with E-state index in [0.717, 1.165) is 0 Å². The predicted octanol–water partition coefficient (Wildman–Crippen LogP) is 3.17. The Kier molecular flexibility index (Phi) is 2.07. The Morgan fingerprint density at radius 3 is 2.07 bits per heavy atom. The topological polar surface area (TPSA) is 0 Å². The molecule has 0 aliphatic carbocycles. The third kappa shape index (κ3) is 1.40. The van der Waals surface area contributed by atoms with Crippen LogP contribution in [0, 0.1) is 6.92 Å². The quantitative estimate of drug-likeness (QED) is 0.584. The summed E-state index contributed by atoms with van der Waals surface area (Å²) in [5, 5.41) is 1.88. The Bertz CT molecular complexity index is 375. The molecule has 0 N–H and O–H groups in total. The lowest BCUT2D eigenvalue weighted by Crippen LogP contribution is -2.52. The van der Waals surface area contributed by atoms with Crippen molar-refractivity contribution < 1.29 is 0 Å². The van der Waals surface area contributed by atoms with Gasteiger partial charge in [0.1, 0.15) is 0 Å². The minimum Gasteiger partial charge on any atom is -0.0652 e. The predicted molar refractivity (Wildman–Crippen MR) is 68.7 cm³/mol. The van der Waals surface area contributed by atoms with Crippen molar-refractivity contribution in [2.75, 3.05) is 0 Å². The van der Waals surface area contributed by atoms with Crippen molar-refractivity contribution in [2.24, 2.45) is 0 Å². The fraction of sp³-hybridized carbons (Fsp3) is 0.571. The third-order valence-electron chi connectivity index (χ3n) is 4.40. The van der Waals surface area contributed by atoms with Crippen LogP contribution in [0.25, 0.3) is 0 Å². The van der Waals surface area contributed by atoms with Gasteiger partial charge in [0.25, 0.3) is 0 Å². The summed E-state index contributed by atoms with van der Waals surface area (Å²) >= 11 is 0. The molecule has 80 valence electrons. The highest BCUT2D eigenvalue weighted by molar-refractivity contribution is 6.92. The van der Waals surface area contributed by atoms with E-state index in [1.807, 2.05) is 5.19 Å². The van der Waals surface area contributed by atoms with Gasteiger partial charge in [0.15, 0.2) is 0 Å². The summed E-state index contributed by atoms with van der Waals surface area (Å²) in [6, 6.07) is 8.04. The summed E-state index contributed by atoms with van der Waals surface area (Å²) in [4.78, 5) is 0. The maximum absolute atomic E-state index is 2.63. The van der Waals surface area contributed by atoms with Crippen molar-refractivity contribution in [1.82, 2.24) is 0 Å². The molecule has 0 spiro atoms. The molecule has 0 radical (unpaired) electrons. The number of hydrogen-bond donors (Lipinski definition) is 0. The SMILES string of the molecule is Cc1cc2c3c(c1)CCC[Si]3(C)CCC2. The molecular formula is C14H20Si. The smallest absolute Gasteiger partial charge is 0.0652 e. The van der Waals surface area contributed by atoms with Gasteiger partial charge >= 0.3 is 0 Å². The van der Waals surface area contributed by atoms with E-state index in [1.165, 1.54) is 31.2 Å². The number of aryl methyl sites for hydroxylation is 3. The number of hydrogen-bond acceptors (Lipinski definition) is 0. The van der Waals surface area contributed by atoms with Crippen molar-refractivity contribution in [3.63, 3.8) is 0 Å². The number of rotatable bonds is 0. The highest BCUT2D eigenvalue weighted by Crippen LogP contribution is 2.33. The Balaban J connectivity index is 2.26. The Hall–Kier alpha value is -0.563. The molecule has 0 bridgehead atoms. The lowest BCUT2D eigenvalue weighted by Gasteiger charge is -2.39. The molecule has 0 unspecified atom stereocenters. The Labute approximate surface area is 93.7 Å². The molecule has 1 heteroatoms. The summed E-state index contributed by atoms with van der Waals surface area (Å²) in [5.41, 5.74) is 4.94. The van der Waals surface area contributed by atoms with Crippen LogP contribution in [0.1, 0.15) is 29.5 Å². The van der Waals surface area contributed by atoms with Gasteiger partial charge in [-0.1, -0.05) is 54.4 Å². The van der Waals surface area contributed by atoms with E-state index in [-0.39, 0.29) is 0 Å². The zero-order chi connectivity index (χ0) is 10.5. The standard InChI is InChI=1S/C14H20Si/c1-11-9-12-5-3-7-15(2)8-4-6-13(10-11)14(12)15/h9-10H,3-8H2,1-2H3. The molecule has 0 aromatic heterocycles. The van der Waals surface area contributed by atoms with Crippen molar-refractivity contribution >= 4 is 13.3 Å². The van der Waals surface area contributed by atoms with Crippen LogP contribution in [-0.4, -0.2) is 8.07 Å². The molecule has 0 atom stereocenters. The van der Waals surface area contributed by atoms with Crippen molar-refractivity contribution in [1.29, 1.82) is 0 Å². The molecule has 2 aliphatic rings. The van der Waals surface area contributed by atoms with Gasteiger partial charge in [-0.05, 0) is 30.9 Å². The second kappa shape index (κ2) is 3.21. The summed E-state index contributed by atoms with van der Waals surface area (Å²) in [6.45, 7) is 4.89. The second-order valence-corrected chi connectivity index (χ2v) is 10.3. The lowest BCUT2D eigenvalue weighted by atomic mass is 9.99. The van der Waals surface area contributed by atoms with Crippen LogP contribution in [0.15, 0.2) is 12.1 Å². The Morgan fingerprint density at radius 1 is 1.00 bits per heavy atom. The van der Waals surface area contributed by atoms with Crippen LogP contribution < -0.4 is 5.19 Å². The highest BCUT2D eigenvalue weighted by Gasteiger charge is 2.37. The van der Waals surface area contributed by atoms with E-state index >= 15 is 0 Å². The van der Waals surface area contributed by atoms with Gasteiger partial charge in [-0.15, -0.1) is 0 Å². The van der Waals surface area contributed by atoms with Crippen LogP contribution in [0.2, 0.25) is 18.6 Å². The summed E-state index contributed by atoms with van der Waals surface area (Å²) in [6.07, 6.45) is 5.62. The highest BCUT2D eigenvalue weighted by atomic mass is 28.3. The fourth-order valence-electron chi connectivity index (χ4n) is 3.82. The van der Waals surface area contributed by atoms with E-state index in [2.05, 4.69) is 25.6 Å². The minimum atomic E-state index is -1.01. The largest absolute Gasteiger partial charge is 0.0844 e. The fourth-order valence-corrected chi connectivity index (χ4v) is 8.43. The molecule has 15 heavy (non-hydrogen) atoms. The average Bonchev–Trinajstić information content (AvgIpc) is 2.16. The van der Waals surface area contributed by atoms with E-state index in [9.17, 15) is 0 Å². The molecule has 0 saturated heterocycles.